The van der Waals surface area contributed by atoms with Gasteiger partial charge in [0.15, 0.2) is 0 Å². The van der Waals surface area contributed by atoms with Crippen molar-refractivity contribution in [1.82, 2.24) is 4.90 Å². The van der Waals surface area contributed by atoms with Crippen LogP contribution in [0, 0.1) is 12.8 Å². The molecule has 2 rings (SSSR count). The normalized spacial score (nSPS) is 14.2. The molecule has 0 aromatic heterocycles. The molecule has 5 heteroatoms. The van der Waals surface area contributed by atoms with Crippen LogP contribution in [0.3, 0.4) is 0 Å². The highest BCUT2D eigenvalue weighted by molar-refractivity contribution is 9.10. The minimum atomic E-state index is -0.970. The monoisotopic (exact) mass is 325 g/mol. The third-order valence-electron chi connectivity index (χ3n) is 3.19. The molecule has 1 amide bonds. The molecule has 0 atom stereocenters. The molecule has 1 N–H and O–H groups in total. The molecule has 0 saturated heterocycles. The maximum Gasteiger partial charge on any atom is 0.323 e. The van der Waals surface area contributed by atoms with E-state index in [0.717, 1.165) is 22.9 Å². The zero-order valence-electron chi connectivity index (χ0n) is 10.7. The first kappa shape index (κ1) is 14.1. The molecule has 0 radical (unpaired) electrons. The number of carboxylic acids is 1. The molecule has 102 valence electrons. The Morgan fingerprint density at radius 2 is 2.11 bits per heavy atom. The van der Waals surface area contributed by atoms with Crippen molar-refractivity contribution in [2.24, 2.45) is 5.92 Å². The van der Waals surface area contributed by atoms with Crippen LogP contribution in [0.5, 0.6) is 0 Å². The zero-order valence-corrected chi connectivity index (χ0v) is 12.3. The van der Waals surface area contributed by atoms with E-state index in [1.54, 1.807) is 12.1 Å². The lowest BCUT2D eigenvalue weighted by Crippen LogP contribution is -2.37. The van der Waals surface area contributed by atoms with Crippen molar-refractivity contribution in [1.29, 1.82) is 0 Å². The fourth-order valence-corrected chi connectivity index (χ4v) is 2.20. The predicted octanol–water partition coefficient (Wildman–Crippen LogP) is 2.69. The number of aryl methyl sites for hydroxylation is 1. The molecule has 0 unspecified atom stereocenters. The molecule has 0 aliphatic heterocycles. The summed E-state index contributed by atoms with van der Waals surface area (Å²) in [4.78, 5) is 24.7. The molecule has 1 fully saturated rings. The van der Waals surface area contributed by atoms with E-state index in [1.807, 2.05) is 13.0 Å². The second-order valence-electron chi connectivity index (χ2n) is 4.99. The number of hydrogen-bond acceptors (Lipinski definition) is 2. The van der Waals surface area contributed by atoms with Gasteiger partial charge in [0.1, 0.15) is 6.54 Å². The van der Waals surface area contributed by atoms with Crippen LogP contribution in [0.15, 0.2) is 22.7 Å². The average Bonchev–Trinajstić information content (AvgIpc) is 3.14. The molecule has 1 aromatic rings. The first-order valence-corrected chi connectivity index (χ1v) is 7.04. The van der Waals surface area contributed by atoms with Gasteiger partial charge in [-0.3, -0.25) is 9.59 Å². The SMILES string of the molecule is Cc1cc(C(=O)N(CC(=O)O)CC2CC2)ccc1Br. The summed E-state index contributed by atoms with van der Waals surface area (Å²) in [6, 6.07) is 5.33. The minimum Gasteiger partial charge on any atom is -0.480 e. The number of amides is 1. The summed E-state index contributed by atoms with van der Waals surface area (Å²) in [5.41, 5.74) is 1.51. The summed E-state index contributed by atoms with van der Waals surface area (Å²) in [6.07, 6.45) is 2.17. The summed E-state index contributed by atoms with van der Waals surface area (Å²) >= 11 is 3.39. The highest BCUT2D eigenvalue weighted by Gasteiger charge is 2.28. The summed E-state index contributed by atoms with van der Waals surface area (Å²) in [5, 5.41) is 8.91. The predicted molar refractivity (Wildman–Crippen MR) is 75.1 cm³/mol. The van der Waals surface area contributed by atoms with Gasteiger partial charge in [0.2, 0.25) is 0 Å². The summed E-state index contributed by atoms with van der Waals surface area (Å²) in [5.74, 6) is -0.701. The highest BCUT2D eigenvalue weighted by atomic mass is 79.9. The van der Waals surface area contributed by atoms with Gasteiger partial charge in [-0.1, -0.05) is 15.9 Å². The smallest absolute Gasteiger partial charge is 0.323 e. The van der Waals surface area contributed by atoms with E-state index in [4.69, 9.17) is 5.11 Å². The van der Waals surface area contributed by atoms with Crippen molar-refractivity contribution in [2.45, 2.75) is 19.8 Å². The Kier molecular flexibility index (Phi) is 4.24. The molecule has 0 bridgehead atoms. The molecule has 1 aliphatic rings. The largest absolute Gasteiger partial charge is 0.480 e. The Bertz CT molecular complexity index is 511. The number of carbonyl (C=O) groups is 2. The van der Waals surface area contributed by atoms with Crippen molar-refractivity contribution in [3.63, 3.8) is 0 Å². The van der Waals surface area contributed by atoms with Crippen LogP contribution in [0.4, 0.5) is 0 Å². The van der Waals surface area contributed by atoms with Crippen LogP contribution < -0.4 is 0 Å². The Hall–Kier alpha value is -1.36. The fourth-order valence-electron chi connectivity index (χ4n) is 1.95. The number of nitrogens with zero attached hydrogens (tertiary/aromatic N) is 1. The van der Waals surface area contributed by atoms with E-state index in [0.29, 0.717) is 18.0 Å². The Labute approximate surface area is 120 Å². The molecule has 1 aliphatic carbocycles. The Morgan fingerprint density at radius 1 is 1.42 bits per heavy atom. The quantitative estimate of drug-likeness (QED) is 0.905. The van der Waals surface area contributed by atoms with Crippen LogP contribution in [0.1, 0.15) is 28.8 Å². The number of halogens is 1. The van der Waals surface area contributed by atoms with E-state index < -0.39 is 5.97 Å². The maximum atomic E-state index is 12.4. The standard InChI is InChI=1S/C14H16BrNO3/c1-9-6-11(4-5-12(9)15)14(19)16(8-13(17)18)7-10-2-3-10/h4-6,10H,2-3,7-8H2,1H3,(H,17,18). The molecule has 1 aromatic carbocycles. The lowest BCUT2D eigenvalue weighted by atomic mass is 10.1. The maximum absolute atomic E-state index is 12.4. The lowest BCUT2D eigenvalue weighted by molar-refractivity contribution is -0.137. The number of carboxylic acid groups (broad SMARTS) is 1. The molecule has 0 heterocycles. The molecular weight excluding hydrogens is 310 g/mol. The van der Waals surface area contributed by atoms with Crippen LogP contribution in [-0.2, 0) is 4.79 Å². The van der Waals surface area contributed by atoms with Gasteiger partial charge in [-0.2, -0.15) is 0 Å². The van der Waals surface area contributed by atoms with Gasteiger partial charge in [0.25, 0.3) is 5.91 Å². The molecule has 1 saturated carbocycles. The van der Waals surface area contributed by atoms with Crippen LogP contribution in [0.2, 0.25) is 0 Å². The van der Waals surface area contributed by atoms with Gasteiger partial charge < -0.3 is 10.0 Å². The number of rotatable bonds is 5. The van der Waals surface area contributed by atoms with Crippen LogP contribution >= 0.6 is 15.9 Å². The second kappa shape index (κ2) is 5.74. The summed E-state index contributed by atoms with van der Waals surface area (Å²) in [6.45, 7) is 2.22. The number of carbonyl (C=O) groups excluding carboxylic acids is 1. The van der Waals surface area contributed by atoms with E-state index in [1.165, 1.54) is 4.90 Å². The van der Waals surface area contributed by atoms with E-state index >= 15 is 0 Å². The highest BCUT2D eigenvalue weighted by Crippen LogP contribution is 2.30. The fraction of sp³-hybridized carbons (Fsp3) is 0.429. The van der Waals surface area contributed by atoms with Gasteiger partial charge in [-0.25, -0.2) is 0 Å². The van der Waals surface area contributed by atoms with Gasteiger partial charge in [0.05, 0.1) is 0 Å². The molecule has 0 spiro atoms. The van der Waals surface area contributed by atoms with Gasteiger partial charge >= 0.3 is 5.97 Å². The van der Waals surface area contributed by atoms with Crippen molar-refractivity contribution in [2.75, 3.05) is 13.1 Å². The third-order valence-corrected chi connectivity index (χ3v) is 4.08. The van der Waals surface area contributed by atoms with Crippen molar-refractivity contribution < 1.29 is 14.7 Å². The van der Waals surface area contributed by atoms with Crippen molar-refractivity contribution >= 4 is 27.8 Å². The number of benzene rings is 1. The topological polar surface area (TPSA) is 57.6 Å². The van der Waals surface area contributed by atoms with Crippen molar-refractivity contribution in [3.05, 3.63) is 33.8 Å². The summed E-state index contributed by atoms with van der Waals surface area (Å²) < 4.78 is 0.941. The van der Waals surface area contributed by atoms with E-state index in [-0.39, 0.29) is 12.5 Å². The zero-order chi connectivity index (χ0) is 14.0. The van der Waals surface area contributed by atoms with E-state index in [2.05, 4.69) is 15.9 Å². The minimum absolute atomic E-state index is 0.204. The average molecular weight is 326 g/mol. The number of aliphatic carboxylic acids is 1. The summed E-state index contributed by atoms with van der Waals surface area (Å²) in [7, 11) is 0. The van der Waals surface area contributed by atoms with Gasteiger partial charge in [-0.15, -0.1) is 0 Å². The van der Waals surface area contributed by atoms with Gasteiger partial charge in [-0.05, 0) is 49.4 Å². The third kappa shape index (κ3) is 3.80. The Morgan fingerprint density at radius 3 is 2.63 bits per heavy atom. The molecule has 19 heavy (non-hydrogen) atoms. The lowest BCUT2D eigenvalue weighted by Gasteiger charge is -2.21. The molecular formula is C14H16BrNO3. The number of hydrogen-bond donors (Lipinski definition) is 1. The van der Waals surface area contributed by atoms with Crippen LogP contribution in [0.25, 0.3) is 0 Å². The first-order chi connectivity index (χ1) is 8.97. The molecule has 4 nitrogen and oxygen atoms in total. The Balaban J connectivity index is 2.16. The van der Waals surface area contributed by atoms with Gasteiger partial charge in [0, 0.05) is 16.6 Å². The second-order valence-corrected chi connectivity index (χ2v) is 5.84. The van der Waals surface area contributed by atoms with Crippen LogP contribution in [-0.4, -0.2) is 35.0 Å². The van der Waals surface area contributed by atoms with Crippen molar-refractivity contribution in [3.8, 4) is 0 Å². The van der Waals surface area contributed by atoms with E-state index in [9.17, 15) is 9.59 Å². The first-order valence-electron chi connectivity index (χ1n) is 6.24.